The van der Waals surface area contributed by atoms with Crippen molar-refractivity contribution >= 4 is 11.8 Å². The highest BCUT2D eigenvalue weighted by Gasteiger charge is 2.50. The van der Waals surface area contributed by atoms with Crippen LogP contribution in [0.1, 0.15) is 29.3 Å². The first-order chi connectivity index (χ1) is 11.8. The van der Waals surface area contributed by atoms with Crippen molar-refractivity contribution in [2.75, 3.05) is 26.2 Å². The first-order valence-corrected chi connectivity index (χ1v) is 8.50. The van der Waals surface area contributed by atoms with Gasteiger partial charge in [0.15, 0.2) is 0 Å². The number of hydrogen-bond donors (Lipinski definition) is 1. The zero-order valence-corrected chi connectivity index (χ0v) is 14.5. The predicted octanol–water partition coefficient (Wildman–Crippen LogP) is 1.67. The average Bonchev–Trinajstić information content (AvgIpc) is 2.78. The molecule has 1 unspecified atom stereocenters. The number of hydrogen-bond acceptors (Lipinski definition) is 3. The maximum absolute atomic E-state index is 13.8. The lowest BCUT2D eigenvalue weighted by atomic mass is 10.0. The lowest BCUT2D eigenvalue weighted by Crippen LogP contribution is -2.63. The largest absolute Gasteiger partial charge is 0.355 e. The number of rotatable bonds is 4. The van der Waals surface area contributed by atoms with Crippen LogP contribution in [0.3, 0.4) is 0 Å². The third-order valence-electron chi connectivity index (χ3n) is 5.00. The molecular formula is C18H23F2N3O2. The summed E-state index contributed by atoms with van der Waals surface area (Å²) in [5.74, 6) is -3.03. The van der Waals surface area contributed by atoms with E-state index in [1.807, 2.05) is 25.1 Å². The molecule has 2 aliphatic heterocycles. The van der Waals surface area contributed by atoms with Gasteiger partial charge in [0.05, 0.1) is 6.54 Å². The van der Waals surface area contributed by atoms with Gasteiger partial charge in [-0.25, -0.2) is 8.78 Å². The third kappa shape index (κ3) is 3.81. The molecule has 2 heterocycles. The second kappa shape index (κ2) is 6.71. The molecule has 1 aromatic carbocycles. The summed E-state index contributed by atoms with van der Waals surface area (Å²) in [6, 6.07) is 6.90. The van der Waals surface area contributed by atoms with E-state index in [1.54, 1.807) is 15.9 Å². The fourth-order valence-corrected chi connectivity index (χ4v) is 3.62. The second-order valence-corrected chi connectivity index (χ2v) is 7.00. The Morgan fingerprint density at radius 2 is 1.96 bits per heavy atom. The van der Waals surface area contributed by atoms with E-state index >= 15 is 0 Å². The molecule has 25 heavy (non-hydrogen) atoms. The highest BCUT2D eigenvalue weighted by atomic mass is 19.3. The van der Waals surface area contributed by atoms with Crippen molar-refractivity contribution in [1.82, 2.24) is 15.1 Å². The van der Waals surface area contributed by atoms with E-state index in [2.05, 4.69) is 5.32 Å². The molecule has 136 valence electrons. The Balaban J connectivity index is 1.61. The maximum Gasteiger partial charge on any atom is 0.262 e. The van der Waals surface area contributed by atoms with Crippen LogP contribution in [-0.2, 0) is 4.79 Å². The van der Waals surface area contributed by atoms with Gasteiger partial charge in [-0.1, -0.05) is 18.2 Å². The van der Waals surface area contributed by atoms with Crippen molar-refractivity contribution < 1.29 is 18.4 Å². The van der Waals surface area contributed by atoms with E-state index in [4.69, 9.17) is 0 Å². The lowest BCUT2D eigenvalue weighted by Gasteiger charge is -2.46. The second-order valence-electron chi connectivity index (χ2n) is 7.00. The van der Waals surface area contributed by atoms with Crippen molar-refractivity contribution in [3.05, 3.63) is 35.4 Å². The van der Waals surface area contributed by atoms with Crippen molar-refractivity contribution in [3.63, 3.8) is 0 Å². The number of alkyl halides is 2. The SMILES string of the molecule is CC(=O)NCC1CC(F)(F)CN1C1CN(C(=O)c2ccccc2C)C1. The van der Waals surface area contributed by atoms with Gasteiger partial charge >= 0.3 is 0 Å². The molecule has 7 heteroatoms. The fourth-order valence-electron chi connectivity index (χ4n) is 3.62. The molecule has 0 aromatic heterocycles. The fraction of sp³-hybridized carbons (Fsp3) is 0.556. The smallest absolute Gasteiger partial charge is 0.262 e. The number of likely N-dealkylation sites (tertiary alicyclic amines) is 2. The van der Waals surface area contributed by atoms with Crippen LogP contribution < -0.4 is 5.32 Å². The van der Waals surface area contributed by atoms with E-state index in [1.165, 1.54) is 6.92 Å². The summed E-state index contributed by atoms with van der Waals surface area (Å²) in [5.41, 5.74) is 1.56. The minimum Gasteiger partial charge on any atom is -0.355 e. The molecule has 1 atom stereocenters. The van der Waals surface area contributed by atoms with Crippen LogP contribution in [0.4, 0.5) is 8.78 Å². The van der Waals surface area contributed by atoms with Crippen molar-refractivity contribution in [1.29, 1.82) is 0 Å². The molecule has 0 spiro atoms. The number of carbonyl (C=O) groups is 2. The molecule has 1 N–H and O–H groups in total. The van der Waals surface area contributed by atoms with Crippen molar-refractivity contribution in [2.45, 2.75) is 38.3 Å². The molecule has 5 nitrogen and oxygen atoms in total. The normalized spacial score (nSPS) is 23.4. The topological polar surface area (TPSA) is 52.7 Å². The minimum atomic E-state index is -2.75. The van der Waals surface area contributed by atoms with Gasteiger partial charge < -0.3 is 10.2 Å². The Kier molecular flexibility index (Phi) is 4.77. The Hall–Kier alpha value is -2.02. The van der Waals surface area contributed by atoms with Crippen LogP contribution >= 0.6 is 0 Å². The number of nitrogens with one attached hydrogen (secondary N) is 1. The van der Waals surface area contributed by atoms with Gasteiger partial charge in [-0.2, -0.15) is 0 Å². The van der Waals surface area contributed by atoms with Crippen molar-refractivity contribution in [3.8, 4) is 0 Å². The predicted molar refractivity (Wildman–Crippen MR) is 89.6 cm³/mol. The van der Waals surface area contributed by atoms with Crippen LogP contribution in [0.5, 0.6) is 0 Å². The lowest BCUT2D eigenvalue weighted by molar-refractivity contribution is -0.119. The molecule has 0 radical (unpaired) electrons. The summed E-state index contributed by atoms with van der Waals surface area (Å²) in [6.45, 7) is 4.06. The Labute approximate surface area is 146 Å². The van der Waals surface area contributed by atoms with Crippen molar-refractivity contribution in [2.24, 2.45) is 0 Å². The van der Waals surface area contributed by atoms with E-state index in [9.17, 15) is 18.4 Å². The zero-order chi connectivity index (χ0) is 18.2. The summed E-state index contributed by atoms with van der Waals surface area (Å²) in [5, 5.41) is 2.63. The molecule has 0 bridgehead atoms. The number of aryl methyl sites for hydroxylation is 1. The van der Waals surface area contributed by atoms with Crippen LogP contribution in [0.2, 0.25) is 0 Å². The highest BCUT2D eigenvalue weighted by molar-refractivity contribution is 5.96. The molecule has 1 aromatic rings. The summed E-state index contributed by atoms with van der Waals surface area (Å²) in [4.78, 5) is 27.1. The van der Waals surface area contributed by atoms with Gasteiger partial charge in [0.2, 0.25) is 5.91 Å². The summed E-state index contributed by atoms with van der Waals surface area (Å²) >= 11 is 0. The third-order valence-corrected chi connectivity index (χ3v) is 5.00. The van der Waals surface area contributed by atoms with Gasteiger partial charge in [0.1, 0.15) is 0 Å². The molecule has 0 saturated carbocycles. The number of nitrogens with zero attached hydrogens (tertiary/aromatic N) is 2. The van der Waals surface area contributed by atoms with Crippen LogP contribution in [0.15, 0.2) is 24.3 Å². The first-order valence-electron chi connectivity index (χ1n) is 8.50. The van der Waals surface area contributed by atoms with E-state index < -0.39 is 5.92 Å². The Morgan fingerprint density at radius 1 is 1.28 bits per heavy atom. The molecule has 2 aliphatic rings. The van der Waals surface area contributed by atoms with Gasteiger partial charge in [0, 0.05) is 50.6 Å². The quantitative estimate of drug-likeness (QED) is 0.898. The van der Waals surface area contributed by atoms with Gasteiger partial charge in [0.25, 0.3) is 11.8 Å². The first kappa shape index (κ1) is 17.8. The number of carbonyl (C=O) groups excluding carboxylic acids is 2. The van der Waals surface area contributed by atoms with Gasteiger partial charge in [-0.3, -0.25) is 14.5 Å². The zero-order valence-electron chi connectivity index (χ0n) is 14.5. The number of halogens is 2. The van der Waals surface area contributed by atoms with E-state index in [0.717, 1.165) is 5.56 Å². The summed E-state index contributed by atoms with van der Waals surface area (Å²) in [7, 11) is 0. The van der Waals surface area contributed by atoms with Crippen LogP contribution in [0.25, 0.3) is 0 Å². The molecular weight excluding hydrogens is 328 g/mol. The monoisotopic (exact) mass is 351 g/mol. The Morgan fingerprint density at radius 3 is 2.60 bits per heavy atom. The minimum absolute atomic E-state index is 0.0567. The molecule has 0 aliphatic carbocycles. The summed E-state index contributed by atoms with van der Waals surface area (Å²) < 4.78 is 27.7. The highest BCUT2D eigenvalue weighted by Crippen LogP contribution is 2.35. The maximum atomic E-state index is 13.8. The molecule has 2 saturated heterocycles. The van der Waals surface area contributed by atoms with Crippen LogP contribution in [-0.4, -0.2) is 65.8 Å². The Bertz CT molecular complexity index is 674. The molecule has 3 rings (SSSR count). The average molecular weight is 351 g/mol. The van der Waals surface area contributed by atoms with E-state index in [0.29, 0.717) is 18.7 Å². The standard InChI is InChI=1S/C18H23F2N3O2/c1-12-5-3-4-6-16(12)17(25)22-9-15(10-22)23-11-18(19,20)7-14(23)8-21-13(2)24/h3-6,14-15H,7-11H2,1-2H3,(H,21,24). The molecule has 2 fully saturated rings. The number of amides is 2. The summed E-state index contributed by atoms with van der Waals surface area (Å²) in [6.07, 6.45) is -0.254. The van der Waals surface area contributed by atoms with Crippen LogP contribution in [0, 0.1) is 6.92 Å². The number of benzene rings is 1. The van der Waals surface area contributed by atoms with Gasteiger partial charge in [-0.15, -0.1) is 0 Å². The van der Waals surface area contributed by atoms with Gasteiger partial charge in [-0.05, 0) is 18.6 Å². The van der Waals surface area contributed by atoms with E-state index in [-0.39, 0.29) is 43.4 Å². The molecule has 2 amide bonds.